The molecular weight excluding hydrogens is 258 g/mol. The summed E-state index contributed by atoms with van der Waals surface area (Å²) in [6.45, 7) is 8.69. The number of piperazine rings is 1. The summed E-state index contributed by atoms with van der Waals surface area (Å²) in [5.74, 6) is 0. The lowest BCUT2D eigenvalue weighted by Gasteiger charge is -2.27. The van der Waals surface area contributed by atoms with E-state index in [1.165, 1.54) is 16.6 Å². The molecule has 19 heavy (non-hydrogen) atoms. The van der Waals surface area contributed by atoms with E-state index >= 15 is 0 Å². The lowest BCUT2D eigenvalue weighted by Crippen LogP contribution is -2.43. The van der Waals surface area contributed by atoms with E-state index in [2.05, 4.69) is 39.9 Å². The van der Waals surface area contributed by atoms with Crippen LogP contribution < -0.4 is 5.32 Å². The van der Waals surface area contributed by atoms with Crippen molar-refractivity contribution in [3.63, 3.8) is 0 Å². The third-order valence-corrected chi connectivity index (χ3v) is 4.10. The highest BCUT2D eigenvalue weighted by atomic mass is 35.5. The fraction of sp³-hybridized carbons (Fsp3) is 0.467. The van der Waals surface area contributed by atoms with Gasteiger partial charge in [0, 0.05) is 60.9 Å². The van der Waals surface area contributed by atoms with Crippen molar-refractivity contribution in [2.24, 2.45) is 0 Å². The standard InChI is InChI=1S/C15H20ClN3/c1-2-19-14(11-18-7-5-17-6-8-18)10-12-9-13(16)3-4-15(12)19/h3-4,9-10,17H,2,5-8,11H2,1H3. The highest BCUT2D eigenvalue weighted by Gasteiger charge is 2.14. The maximum atomic E-state index is 6.09. The Bertz CT molecular complexity index is 570. The molecule has 1 aliphatic rings. The number of aryl methyl sites for hydroxylation is 1. The number of aromatic nitrogens is 1. The molecule has 2 aromatic rings. The molecule has 1 N–H and O–H groups in total. The normalized spacial score (nSPS) is 17.2. The van der Waals surface area contributed by atoms with Gasteiger partial charge in [-0.2, -0.15) is 0 Å². The van der Waals surface area contributed by atoms with Crippen LogP contribution in [0.15, 0.2) is 24.3 Å². The van der Waals surface area contributed by atoms with E-state index in [9.17, 15) is 0 Å². The zero-order valence-corrected chi connectivity index (χ0v) is 12.1. The fourth-order valence-corrected chi connectivity index (χ4v) is 3.08. The van der Waals surface area contributed by atoms with Gasteiger partial charge in [-0.3, -0.25) is 4.90 Å². The number of hydrogen-bond donors (Lipinski definition) is 1. The lowest BCUT2D eigenvalue weighted by molar-refractivity contribution is 0.228. The van der Waals surface area contributed by atoms with Gasteiger partial charge in [-0.1, -0.05) is 11.6 Å². The van der Waals surface area contributed by atoms with Gasteiger partial charge in [0.2, 0.25) is 0 Å². The number of fused-ring (bicyclic) bond motifs is 1. The predicted octanol–water partition coefficient (Wildman–Crippen LogP) is 2.72. The number of rotatable bonds is 3. The molecule has 4 heteroatoms. The maximum Gasteiger partial charge on any atom is 0.0483 e. The minimum atomic E-state index is 0.814. The van der Waals surface area contributed by atoms with Crippen LogP contribution in [-0.2, 0) is 13.1 Å². The Hall–Kier alpha value is -1.03. The molecule has 1 saturated heterocycles. The van der Waals surface area contributed by atoms with Gasteiger partial charge in [-0.05, 0) is 31.2 Å². The van der Waals surface area contributed by atoms with Crippen LogP contribution in [0.25, 0.3) is 10.9 Å². The summed E-state index contributed by atoms with van der Waals surface area (Å²) in [6, 6.07) is 8.45. The van der Waals surface area contributed by atoms with Crippen LogP contribution in [0, 0.1) is 0 Å². The van der Waals surface area contributed by atoms with Crippen molar-refractivity contribution in [1.82, 2.24) is 14.8 Å². The Morgan fingerprint density at radius 1 is 1.21 bits per heavy atom. The van der Waals surface area contributed by atoms with Crippen molar-refractivity contribution in [3.8, 4) is 0 Å². The zero-order valence-electron chi connectivity index (χ0n) is 11.3. The summed E-state index contributed by atoms with van der Waals surface area (Å²) in [5, 5.41) is 5.46. The van der Waals surface area contributed by atoms with Crippen LogP contribution in [-0.4, -0.2) is 35.6 Å². The van der Waals surface area contributed by atoms with E-state index in [-0.39, 0.29) is 0 Å². The van der Waals surface area contributed by atoms with Crippen molar-refractivity contribution in [3.05, 3.63) is 35.0 Å². The van der Waals surface area contributed by atoms with Gasteiger partial charge in [0.05, 0.1) is 0 Å². The summed E-state index contributed by atoms with van der Waals surface area (Å²) in [4.78, 5) is 2.51. The molecule has 1 aromatic heterocycles. The van der Waals surface area contributed by atoms with Crippen LogP contribution in [0.3, 0.4) is 0 Å². The molecule has 0 unspecified atom stereocenters. The summed E-state index contributed by atoms with van der Waals surface area (Å²) >= 11 is 6.09. The summed E-state index contributed by atoms with van der Waals surface area (Å²) < 4.78 is 2.40. The molecule has 0 aliphatic carbocycles. The SMILES string of the molecule is CCn1c(CN2CCNCC2)cc2cc(Cl)ccc21. The topological polar surface area (TPSA) is 20.2 Å². The van der Waals surface area contributed by atoms with E-state index in [4.69, 9.17) is 11.6 Å². The second-order valence-corrected chi connectivity index (χ2v) is 5.55. The molecular formula is C15H20ClN3. The number of hydrogen-bond acceptors (Lipinski definition) is 2. The van der Waals surface area contributed by atoms with Crippen LogP contribution >= 0.6 is 11.6 Å². The zero-order chi connectivity index (χ0) is 13.2. The summed E-state index contributed by atoms with van der Waals surface area (Å²) in [5.41, 5.74) is 2.68. The minimum absolute atomic E-state index is 0.814. The van der Waals surface area contributed by atoms with Gasteiger partial charge in [0.15, 0.2) is 0 Å². The molecule has 3 rings (SSSR count). The Morgan fingerprint density at radius 3 is 2.74 bits per heavy atom. The Kier molecular flexibility index (Phi) is 3.78. The van der Waals surface area contributed by atoms with Crippen molar-refractivity contribution in [2.45, 2.75) is 20.0 Å². The molecule has 2 heterocycles. The Morgan fingerprint density at radius 2 is 2.00 bits per heavy atom. The molecule has 0 saturated carbocycles. The number of halogens is 1. The molecule has 1 fully saturated rings. The van der Waals surface area contributed by atoms with Crippen molar-refractivity contribution in [1.29, 1.82) is 0 Å². The molecule has 0 spiro atoms. The van der Waals surface area contributed by atoms with Crippen LogP contribution in [0.4, 0.5) is 0 Å². The second kappa shape index (κ2) is 5.53. The van der Waals surface area contributed by atoms with Crippen molar-refractivity contribution >= 4 is 22.5 Å². The highest BCUT2D eigenvalue weighted by Crippen LogP contribution is 2.24. The second-order valence-electron chi connectivity index (χ2n) is 5.11. The van der Waals surface area contributed by atoms with Crippen LogP contribution in [0.5, 0.6) is 0 Å². The smallest absolute Gasteiger partial charge is 0.0483 e. The van der Waals surface area contributed by atoms with E-state index in [1.807, 2.05) is 6.07 Å². The predicted molar refractivity (Wildman–Crippen MR) is 80.8 cm³/mol. The molecule has 102 valence electrons. The summed E-state index contributed by atoms with van der Waals surface area (Å²) in [6.07, 6.45) is 0. The molecule has 0 atom stereocenters. The van der Waals surface area contributed by atoms with Crippen molar-refractivity contribution in [2.75, 3.05) is 26.2 Å². The van der Waals surface area contributed by atoms with Gasteiger partial charge in [0.25, 0.3) is 0 Å². The Labute approximate surface area is 119 Å². The average molecular weight is 278 g/mol. The minimum Gasteiger partial charge on any atom is -0.344 e. The molecule has 3 nitrogen and oxygen atoms in total. The van der Waals surface area contributed by atoms with Crippen molar-refractivity contribution < 1.29 is 0 Å². The third kappa shape index (κ3) is 2.64. The first kappa shape index (κ1) is 13.0. The monoisotopic (exact) mass is 277 g/mol. The molecule has 0 amide bonds. The van der Waals surface area contributed by atoms with E-state index in [1.54, 1.807) is 0 Å². The van der Waals surface area contributed by atoms with E-state index in [0.717, 1.165) is 44.3 Å². The first-order valence-corrected chi connectivity index (χ1v) is 7.36. The van der Waals surface area contributed by atoms with E-state index in [0.29, 0.717) is 0 Å². The highest BCUT2D eigenvalue weighted by molar-refractivity contribution is 6.31. The van der Waals surface area contributed by atoms with Crippen LogP contribution in [0.2, 0.25) is 5.02 Å². The van der Waals surface area contributed by atoms with Gasteiger partial charge in [0.1, 0.15) is 0 Å². The lowest BCUT2D eigenvalue weighted by atomic mass is 10.2. The maximum absolute atomic E-state index is 6.09. The van der Waals surface area contributed by atoms with Gasteiger partial charge < -0.3 is 9.88 Å². The first-order chi connectivity index (χ1) is 9.28. The largest absolute Gasteiger partial charge is 0.344 e. The van der Waals surface area contributed by atoms with E-state index < -0.39 is 0 Å². The Balaban J connectivity index is 1.93. The summed E-state index contributed by atoms with van der Waals surface area (Å²) in [7, 11) is 0. The fourth-order valence-electron chi connectivity index (χ4n) is 2.90. The van der Waals surface area contributed by atoms with Gasteiger partial charge in [-0.15, -0.1) is 0 Å². The number of benzene rings is 1. The average Bonchev–Trinajstić information content (AvgIpc) is 2.76. The molecule has 1 aromatic carbocycles. The molecule has 0 radical (unpaired) electrons. The van der Waals surface area contributed by atoms with Gasteiger partial charge in [-0.25, -0.2) is 0 Å². The number of nitrogens with one attached hydrogen (secondary N) is 1. The molecule has 1 aliphatic heterocycles. The first-order valence-electron chi connectivity index (χ1n) is 6.98. The number of nitrogens with zero attached hydrogens (tertiary/aromatic N) is 2. The quantitative estimate of drug-likeness (QED) is 0.931. The third-order valence-electron chi connectivity index (χ3n) is 3.86. The molecule has 0 bridgehead atoms. The van der Waals surface area contributed by atoms with Crippen LogP contribution in [0.1, 0.15) is 12.6 Å². The van der Waals surface area contributed by atoms with Gasteiger partial charge >= 0.3 is 0 Å².